The average Bonchev–Trinajstić information content (AvgIpc) is 2.23. The zero-order valence-corrected chi connectivity index (χ0v) is 11.6. The van der Waals surface area contributed by atoms with Gasteiger partial charge in [-0.05, 0) is 26.8 Å². The van der Waals surface area contributed by atoms with Gasteiger partial charge in [0.1, 0.15) is 17.2 Å². The van der Waals surface area contributed by atoms with Gasteiger partial charge in [0, 0.05) is 11.7 Å². The second-order valence-corrected chi connectivity index (χ2v) is 4.84. The van der Waals surface area contributed by atoms with E-state index in [0.717, 1.165) is 4.90 Å². The highest BCUT2D eigenvalue weighted by Crippen LogP contribution is 2.22. The molecule has 106 valence electrons. The summed E-state index contributed by atoms with van der Waals surface area (Å²) < 4.78 is 37.7. The van der Waals surface area contributed by atoms with Crippen molar-refractivity contribution in [3.8, 4) is 0 Å². The lowest BCUT2D eigenvalue weighted by atomic mass is 10.3. The molecule has 0 unspecified atom stereocenters. The SMILES string of the molecule is Cc1cc(C(N)=S)nc(N(CC(F)(F)F)C(C)C)n1. The average molecular weight is 292 g/mol. The molecule has 0 amide bonds. The highest BCUT2D eigenvalue weighted by Gasteiger charge is 2.33. The van der Waals surface area contributed by atoms with Crippen molar-refractivity contribution in [3.05, 3.63) is 17.5 Å². The fourth-order valence-corrected chi connectivity index (χ4v) is 1.59. The summed E-state index contributed by atoms with van der Waals surface area (Å²) >= 11 is 4.79. The minimum Gasteiger partial charge on any atom is -0.388 e. The predicted octanol–water partition coefficient (Wildman–Crippen LogP) is 2.20. The first-order valence-electron chi connectivity index (χ1n) is 5.59. The van der Waals surface area contributed by atoms with E-state index < -0.39 is 18.8 Å². The Kier molecular flexibility index (Phi) is 4.67. The van der Waals surface area contributed by atoms with Gasteiger partial charge in [-0.25, -0.2) is 9.97 Å². The summed E-state index contributed by atoms with van der Waals surface area (Å²) in [5, 5.41) is 0. The van der Waals surface area contributed by atoms with Crippen molar-refractivity contribution in [2.45, 2.75) is 33.0 Å². The Bertz CT molecular complexity index is 473. The molecule has 0 fully saturated rings. The molecule has 0 saturated heterocycles. The first-order valence-corrected chi connectivity index (χ1v) is 6.00. The Morgan fingerprint density at radius 3 is 2.42 bits per heavy atom. The maximum Gasteiger partial charge on any atom is 0.406 e. The van der Waals surface area contributed by atoms with E-state index in [4.69, 9.17) is 18.0 Å². The van der Waals surface area contributed by atoms with Gasteiger partial charge in [-0.3, -0.25) is 0 Å². The van der Waals surface area contributed by atoms with E-state index in [1.54, 1.807) is 20.8 Å². The molecule has 0 radical (unpaired) electrons. The van der Waals surface area contributed by atoms with Gasteiger partial charge in [0.15, 0.2) is 0 Å². The highest BCUT2D eigenvalue weighted by atomic mass is 32.1. The second kappa shape index (κ2) is 5.68. The molecule has 8 heteroatoms. The predicted molar refractivity (Wildman–Crippen MR) is 71.2 cm³/mol. The first kappa shape index (κ1) is 15.6. The van der Waals surface area contributed by atoms with E-state index >= 15 is 0 Å². The van der Waals surface area contributed by atoms with E-state index in [2.05, 4.69) is 9.97 Å². The molecule has 2 N–H and O–H groups in total. The molecule has 1 heterocycles. The third-order valence-corrected chi connectivity index (χ3v) is 2.53. The van der Waals surface area contributed by atoms with Crippen molar-refractivity contribution in [2.24, 2.45) is 5.73 Å². The third kappa shape index (κ3) is 4.62. The van der Waals surface area contributed by atoms with E-state index in [1.807, 2.05) is 0 Å². The summed E-state index contributed by atoms with van der Waals surface area (Å²) in [6.07, 6.45) is -4.33. The Labute approximate surface area is 114 Å². The standard InChI is InChI=1S/C11H15F3N4S/c1-6(2)18(5-11(12,13)14)10-16-7(3)4-8(17-10)9(15)19/h4,6H,5H2,1-3H3,(H2,15,19). The van der Waals surface area contributed by atoms with E-state index in [0.29, 0.717) is 5.69 Å². The molecule has 4 nitrogen and oxygen atoms in total. The maximum atomic E-state index is 12.6. The van der Waals surface area contributed by atoms with E-state index in [-0.39, 0.29) is 16.6 Å². The number of anilines is 1. The Hall–Kier alpha value is -1.44. The largest absolute Gasteiger partial charge is 0.406 e. The van der Waals surface area contributed by atoms with Gasteiger partial charge in [-0.2, -0.15) is 13.2 Å². The van der Waals surface area contributed by atoms with Gasteiger partial charge < -0.3 is 10.6 Å². The molecule has 0 saturated carbocycles. The number of halogens is 3. The number of aryl methyl sites for hydroxylation is 1. The molecule has 1 rings (SSSR count). The van der Waals surface area contributed by atoms with Crippen LogP contribution in [-0.2, 0) is 0 Å². The Balaban J connectivity index is 3.19. The first-order chi connectivity index (χ1) is 8.60. The van der Waals surface area contributed by atoms with Gasteiger partial charge in [0.25, 0.3) is 0 Å². The summed E-state index contributed by atoms with van der Waals surface area (Å²) in [7, 11) is 0. The molecule has 0 spiro atoms. The fourth-order valence-electron chi connectivity index (χ4n) is 1.48. The molecule has 0 bridgehead atoms. The molecule has 0 aliphatic carbocycles. The van der Waals surface area contributed by atoms with Crippen LogP contribution in [0.3, 0.4) is 0 Å². The number of hydrogen-bond donors (Lipinski definition) is 1. The number of rotatable bonds is 4. The van der Waals surface area contributed by atoms with Crippen LogP contribution in [0, 0.1) is 6.92 Å². The van der Waals surface area contributed by atoms with Crippen LogP contribution in [-0.4, -0.2) is 33.7 Å². The number of thiocarbonyl (C=S) groups is 1. The van der Waals surface area contributed by atoms with Gasteiger partial charge >= 0.3 is 6.18 Å². The maximum absolute atomic E-state index is 12.6. The second-order valence-electron chi connectivity index (χ2n) is 4.40. The summed E-state index contributed by atoms with van der Waals surface area (Å²) in [6.45, 7) is 3.81. The van der Waals surface area contributed by atoms with Crippen LogP contribution in [0.5, 0.6) is 0 Å². The smallest absolute Gasteiger partial charge is 0.388 e. The van der Waals surface area contributed by atoms with Crippen molar-refractivity contribution in [2.75, 3.05) is 11.4 Å². The van der Waals surface area contributed by atoms with Crippen LogP contribution >= 0.6 is 12.2 Å². The van der Waals surface area contributed by atoms with E-state index in [9.17, 15) is 13.2 Å². The zero-order valence-electron chi connectivity index (χ0n) is 10.8. The Morgan fingerprint density at radius 2 is 2.00 bits per heavy atom. The third-order valence-electron chi connectivity index (χ3n) is 2.32. The summed E-state index contributed by atoms with van der Waals surface area (Å²) in [4.78, 5) is 9.10. The number of hydrogen-bond acceptors (Lipinski definition) is 4. The molecule has 19 heavy (non-hydrogen) atoms. The van der Waals surface area contributed by atoms with Crippen LogP contribution in [0.25, 0.3) is 0 Å². The van der Waals surface area contributed by atoms with Crippen molar-refractivity contribution >= 4 is 23.2 Å². The molecule has 0 aromatic carbocycles. The topological polar surface area (TPSA) is 55.0 Å². The highest BCUT2D eigenvalue weighted by molar-refractivity contribution is 7.80. The normalized spacial score (nSPS) is 11.7. The lowest BCUT2D eigenvalue weighted by Gasteiger charge is -2.28. The van der Waals surface area contributed by atoms with Crippen LogP contribution < -0.4 is 10.6 Å². The lowest BCUT2D eigenvalue weighted by molar-refractivity contribution is -0.120. The molecular weight excluding hydrogens is 277 g/mol. The van der Waals surface area contributed by atoms with Crippen molar-refractivity contribution in [1.29, 1.82) is 0 Å². The quantitative estimate of drug-likeness (QED) is 0.862. The molecule has 0 aliphatic rings. The van der Waals surface area contributed by atoms with Crippen molar-refractivity contribution < 1.29 is 13.2 Å². The van der Waals surface area contributed by atoms with Crippen molar-refractivity contribution in [3.63, 3.8) is 0 Å². The molecule has 1 aromatic rings. The van der Waals surface area contributed by atoms with Crippen molar-refractivity contribution in [1.82, 2.24) is 9.97 Å². The summed E-state index contributed by atoms with van der Waals surface area (Å²) in [6, 6.07) is 1.14. The molecule has 0 atom stereocenters. The monoisotopic (exact) mass is 292 g/mol. The summed E-state index contributed by atoms with van der Waals surface area (Å²) in [5.41, 5.74) is 6.24. The van der Waals surface area contributed by atoms with Gasteiger partial charge in [0.05, 0.1) is 0 Å². The minimum absolute atomic E-state index is 0.0184. The van der Waals surface area contributed by atoms with Crippen LogP contribution in [0.15, 0.2) is 6.07 Å². The minimum atomic E-state index is -4.33. The number of nitrogens with zero attached hydrogens (tertiary/aromatic N) is 3. The van der Waals surface area contributed by atoms with Gasteiger partial charge in [-0.15, -0.1) is 0 Å². The lowest BCUT2D eigenvalue weighted by Crippen LogP contribution is -2.40. The summed E-state index contributed by atoms with van der Waals surface area (Å²) in [5.74, 6) is -0.0184. The van der Waals surface area contributed by atoms with Crippen LogP contribution in [0.2, 0.25) is 0 Å². The van der Waals surface area contributed by atoms with Crippen LogP contribution in [0.4, 0.5) is 19.1 Å². The molecule has 1 aromatic heterocycles. The number of aromatic nitrogens is 2. The number of alkyl halides is 3. The Morgan fingerprint density at radius 1 is 1.42 bits per heavy atom. The zero-order chi connectivity index (χ0) is 14.8. The van der Waals surface area contributed by atoms with Gasteiger partial charge in [-0.1, -0.05) is 12.2 Å². The molecular formula is C11H15F3N4S. The van der Waals surface area contributed by atoms with E-state index in [1.165, 1.54) is 6.07 Å². The molecule has 0 aliphatic heterocycles. The van der Waals surface area contributed by atoms with Crippen LogP contribution in [0.1, 0.15) is 25.2 Å². The van der Waals surface area contributed by atoms with Gasteiger partial charge in [0.2, 0.25) is 5.95 Å². The fraction of sp³-hybridized carbons (Fsp3) is 0.545. The number of nitrogens with two attached hydrogens (primary N) is 1.